The zero-order valence-corrected chi connectivity index (χ0v) is 16.2. The Morgan fingerprint density at radius 3 is 2.29 bits per heavy atom. The van der Waals surface area contributed by atoms with Crippen molar-refractivity contribution >= 4 is 28.1 Å². The summed E-state index contributed by atoms with van der Waals surface area (Å²) < 4.78 is 0. The van der Waals surface area contributed by atoms with Crippen LogP contribution in [0.3, 0.4) is 0 Å². The highest BCUT2D eigenvalue weighted by Gasteiger charge is 2.09. The summed E-state index contributed by atoms with van der Waals surface area (Å²) in [5.74, 6) is -0.133. The highest BCUT2D eigenvalue weighted by Crippen LogP contribution is 2.27. The SMILES string of the molecule is CNc1nc(-c2cccc(NC(=O)c3ccc(-c4ccccc4)cc3)c2)cs1. The van der Waals surface area contributed by atoms with Crippen LogP contribution in [-0.4, -0.2) is 17.9 Å². The molecule has 4 aromatic rings. The van der Waals surface area contributed by atoms with Crippen LogP contribution >= 0.6 is 11.3 Å². The molecule has 138 valence electrons. The van der Waals surface area contributed by atoms with Crippen molar-refractivity contribution in [1.82, 2.24) is 4.98 Å². The second kappa shape index (κ2) is 8.06. The van der Waals surface area contributed by atoms with Gasteiger partial charge in [0.1, 0.15) is 0 Å². The summed E-state index contributed by atoms with van der Waals surface area (Å²) >= 11 is 1.55. The van der Waals surface area contributed by atoms with Gasteiger partial charge < -0.3 is 10.6 Å². The van der Waals surface area contributed by atoms with E-state index in [4.69, 9.17) is 0 Å². The van der Waals surface area contributed by atoms with Crippen molar-refractivity contribution in [3.63, 3.8) is 0 Å². The molecule has 28 heavy (non-hydrogen) atoms. The largest absolute Gasteiger partial charge is 0.365 e. The number of carbonyl (C=O) groups excluding carboxylic acids is 1. The lowest BCUT2D eigenvalue weighted by Gasteiger charge is -2.08. The van der Waals surface area contributed by atoms with Crippen LogP contribution in [0.1, 0.15) is 10.4 Å². The van der Waals surface area contributed by atoms with Crippen LogP contribution < -0.4 is 10.6 Å². The minimum absolute atomic E-state index is 0.133. The summed E-state index contributed by atoms with van der Waals surface area (Å²) in [4.78, 5) is 17.1. The summed E-state index contributed by atoms with van der Waals surface area (Å²) in [6.45, 7) is 0. The third kappa shape index (κ3) is 3.94. The average Bonchev–Trinajstić information content (AvgIpc) is 3.24. The third-order valence-corrected chi connectivity index (χ3v) is 5.25. The maximum atomic E-state index is 12.6. The molecule has 0 aliphatic rings. The van der Waals surface area contributed by atoms with Gasteiger partial charge in [0.05, 0.1) is 5.69 Å². The van der Waals surface area contributed by atoms with E-state index < -0.39 is 0 Å². The Kier molecular flexibility index (Phi) is 5.17. The molecule has 4 rings (SSSR count). The van der Waals surface area contributed by atoms with Gasteiger partial charge in [-0.25, -0.2) is 4.98 Å². The van der Waals surface area contributed by atoms with Crippen molar-refractivity contribution in [2.75, 3.05) is 17.7 Å². The monoisotopic (exact) mass is 385 g/mol. The number of rotatable bonds is 5. The van der Waals surface area contributed by atoms with Crippen LogP contribution in [0, 0.1) is 0 Å². The summed E-state index contributed by atoms with van der Waals surface area (Å²) in [5, 5.41) is 8.87. The molecule has 1 amide bonds. The molecule has 0 atom stereocenters. The molecule has 0 spiro atoms. The van der Waals surface area contributed by atoms with E-state index in [-0.39, 0.29) is 5.91 Å². The Balaban J connectivity index is 1.50. The minimum atomic E-state index is -0.133. The van der Waals surface area contributed by atoms with Gasteiger partial charge in [-0.2, -0.15) is 0 Å². The van der Waals surface area contributed by atoms with Crippen molar-refractivity contribution in [2.45, 2.75) is 0 Å². The fourth-order valence-corrected chi connectivity index (χ4v) is 3.61. The predicted octanol–water partition coefficient (Wildman–Crippen LogP) is 5.77. The number of nitrogens with zero attached hydrogens (tertiary/aromatic N) is 1. The number of amides is 1. The van der Waals surface area contributed by atoms with E-state index in [0.29, 0.717) is 5.56 Å². The van der Waals surface area contributed by atoms with E-state index >= 15 is 0 Å². The Labute approximate surface area is 167 Å². The summed E-state index contributed by atoms with van der Waals surface area (Å²) in [7, 11) is 1.85. The van der Waals surface area contributed by atoms with Crippen molar-refractivity contribution in [3.05, 3.63) is 89.8 Å². The van der Waals surface area contributed by atoms with E-state index in [1.807, 2.05) is 79.2 Å². The number of thiazole rings is 1. The molecule has 0 unspecified atom stereocenters. The van der Waals surface area contributed by atoms with Gasteiger partial charge in [0.25, 0.3) is 5.91 Å². The lowest BCUT2D eigenvalue weighted by atomic mass is 10.0. The van der Waals surface area contributed by atoms with Crippen molar-refractivity contribution < 1.29 is 4.79 Å². The van der Waals surface area contributed by atoms with Gasteiger partial charge in [-0.05, 0) is 35.4 Å². The lowest BCUT2D eigenvalue weighted by Crippen LogP contribution is -2.11. The highest BCUT2D eigenvalue weighted by atomic mass is 32.1. The topological polar surface area (TPSA) is 54.0 Å². The molecule has 3 aromatic carbocycles. The van der Waals surface area contributed by atoms with Crippen molar-refractivity contribution in [2.24, 2.45) is 0 Å². The number of carbonyl (C=O) groups is 1. The number of hydrogen-bond acceptors (Lipinski definition) is 4. The van der Waals surface area contributed by atoms with E-state index in [1.54, 1.807) is 11.3 Å². The smallest absolute Gasteiger partial charge is 0.255 e. The van der Waals surface area contributed by atoms with Crippen LogP contribution in [0.4, 0.5) is 10.8 Å². The zero-order valence-electron chi connectivity index (χ0n) is 15.3. The average molecular weight is 385 g/mol. The van der Waals surface area contributed by atoms with E-state index in [2.05, 4.69) is 27.8 Å². The van der Waals surface area contributed by atoms with Crippen LogP contribution in [0.25, 0.3) is 22.4 Å². The molecular weight excluding hydrogens is 366 g/mol. The normalized spacial score (nSPS) is 10.5. The number of anilines is 2. The molecule has 4 nitrogen and oxygen atoms in total. The number of aromatic nitrogens is 1. The second-order valence-electron chi connectivity index (χ2n) is 6.27. The zero-order chi connectivity index (χ0) is 19.3. The van der Waals surface area contributed by atoms with E-state index in [9.17, 15) is 4.79 Å². The van der Waals surface area contributed by atoms with Gasteiger partial charge in [-0.1, -0.05) is 54.6 Å². The number of benzene rings is 3. The molecule has 0 saturated carbocycles. The van der Waals surface area contributed by atoms with Crippen LogP contribution in [0.5, 0.6) is 0 Å². The van der Waals surface area contributed by atoms with E-state index in [0.717, 1.165) is 33.2 Å². The van der Waals surface area contributed by atoms with Crippen molar-refractivity contribution in [1.29, 1.82) is 0 Å². The third-order valence-electron chi connectivity index (χ3n) is 4.39. The maximum Gasteiger partial charge on any atom is 0.255 e. The minimum Gasteiger partial charge on any atom is -0.365 e. The quantitative estimate of drug-likeness (QED) is 0.458. The molecule has 1 aromatic heterocycles. The Morgan fingerprint density at radius 1 is 0.857 bits per heavy atom. The van der Waals surface area contributed by atoms with Gasteiger partial charge in [-0.15, -0.1) is 11.3 Å². The molecule has 1 heterocycles. The molecule has 0 aliphatic heterocycles. The molecule has 0 saturated heterocycles. The highest BCUT2D eigenvalue weighted by molar-refractivity contribution is 7.14. The fraction of sp³-hybridized carbons (Fsp3) is 0.0435. The molecule has 0 radical (unpaired) electrons. The van der Waals surface area contributed by atoms with Gasteiger partial charge in [0.2, 0.25) is 0 Å². The van der Waals surface area contributed by atoms with Crippen molar-refractivity contribution in [3.8, 4) is 22.4 Å². The molecule has 0 aliphatic carbocycles. The van der Waals surface area contributed by atoms with Gasteiger partial charge in [0.15, 0.2) is 5.13 Å². The van der Waals surface area contributed by atoms with Crippen LogP contribution in [-0.2, 0) is 0 Å². The summed E-state index contributed by atoms with van der Waals surface area (Å²) in [6.07, 6.45) is 0. The van der Waals surface area contributed by atoms with Crippen LogP contribution in [0.15, 0.2) is 84.2 Å². The Hall–Kier alpha value is -3.44. The number of nitrogens with one attached hydrogen (secondary N) is 2. The predicted molar refractivity (Wildman–Crippen MR) is 117 cm³/mol. The molecule has 0 fully saturated rings. The Bertz CT molecular complexity index is 1090. The first-order valence-corrected chi connectivity index (χ1v) is 9.81. The maximum absolute atomic E-state index is 12.6. The van der Waals surface area contributed by atoms with Gasteiger partial charge in [-0.3, -0.25) is 4.79 Å². The standard InChI is InChI=1S/C23H19N3OS/c1-24-23-26-21(15-28-23)19-8-5-9-20(14-19)25-22(27)18-12-10-17(11-13-18)16-6-3-2-4-7-16/h2-15H,1H3,(H,24,26)(H,25,27). The first kappa shape index (κ1) is 17.9. The summed E-state index contributed by atoms with van der Waals surface area (Å²) in [5.41, 5.74) is 5.44. The van der Waals surface area contributed by atoms with Gasteiger partial charge in [0, 0.05) is 29.2 Å². The lowest BCUT2D eigenvalue weighted by molar-refractivity contribution is 0.102. The Morgan fingerprint density at radius 2 is 1.57 bits per heavy atom. The second-order valence-corrected chi connectivity index (χ2v) is 7.12. The number of hydrogen-bond donors (Lipinski definition) is 2. The summed E-state index contributed by atoms with van der Waals surface area (Å²) in [6, 6.07) is 25.5. The van der Waals surface area contributed by atoms with Crippen LogP contribution in [0.2, 0.25) is 0 Å². The van der Waals surface area contributed by atoms with E-state index in [1.165, 1.54) is 0 Å². The molecule has 2 N–H and O–H groups in total. The first-order valence-electron chi connectivity index (χ1n) is 8.93. The van der Waals surface area contributed by atoms with Gasteiger partial charge >= 0.3 is 0 Å². The first-order chi connectivity index (χ1) is 13.7. The fourth-order valence-electron chi connectivity index (χ4n) is 2.93. The molecular formula is C23H19N3OS. The molecule has 5 heteroatoms. The molecule has 0 bridgehead atoms.